The van der Waals surface area contributed by atoms with Crippen LogP contribution in [0.3, 0.4) is 0 Å². The molecule has 0 bridgehead atoms. The van der Waals surface area contributed by atoms with Crippen molar-refractivity contribution < 1.29 is 9.59 Å². The Morgan fingerprint density at radius 2 is 1.44 bits per heavy atom. The minimum Gasteiger partial charge on any atom is -0.349 e. The van der Waals surface area contributed by atoms with E-state index in [0.29, 0.717) is 17.7 Å². The second-order valence-electron chi connectivity index (χ2n) is 8.93. The summed E-state index contributed by atoms with van der Waals surface area (Å²) in [6.07, 6.45) is 3.65. The van der Waals surface area contributed by atoms with Gasteiger partial charge in [0.15, 0.2) is 0 Å². The quantitative estimate of drug-likeness (QED) is 0.813. The molecule has 1 aromatic rings. The SMILES string of the molecule is CC(C)c1ccc(C(NC(=O)C2CCN(C(=O)C3CC3)CC2)C(C)C)cc1. The van der Waals surface area contributed by atoms with Crippen molar-refractivity contribution in [2.24, 2.45) is 17.8 Å². The molecule has 2 aliphatic rings. The van der Waals surface area contributed by atoms with Gasteiger partial charge in [-0.05, 0) is 48.6 Å². The molecule has 2 fully saturated rings. The van der Waals surface area contributed by atoms with E-state index in [1.807, 2.05) is 4.90 Å². The van der Waals surface area contributed by atoms with Gasteiger partial charge >= 0.3 is 0 Å². The van der Waals surface area contributed by atoms with Crippen LogP contribution in [0.4, 0.5) is 0 Å². The molecule has 1 heterocycles. The highest BCUT2D eigenvalue weighted by Gasteiger charge is 2.36. The molecule has 4 nitrogen and oxygen atoms in total. The van der Waals surface area contributed by atoms with E-state index < -0.39 is 0 Å². The van der Waals surface area contributed by atoms with Gasteiger partial charge in [0.1, 0.15) is 0 Å². The summed E-state index contributed by atoms with van der Waals surface area (Å²) in [6, 6.07) is 8.67. The Kier molecular flexibility index (Phi) is 6.23. The average molecular weight is 371 g/mol. The first-order valence-corrected chi connectivity index (χ1v) is 10.6. The van der Waals surface area contributed by atoms with Gasteiger partial charge in [0.05, 0.1) is 6.04 Å². The lowest BCUT2D eigenvalue weighted by molar-refractivity contribution is -0.137. The maximum absolute atomic E-state index is 12.9. The van der Waals surface area contributed by atoms with Crippen LogP contribution in [-0.2, 0) is 9.59 Å². The first-order valence-electron chi connectivity index (χ1n) is 10.6. The standard InChI is InChI=1S/C23H34N2O2/c1-15(2)17-5-7-18(8-6-17)21(16(3)4)24-22(26)19-11-13-25(14-12-19)23(27)20-9-10-20/h5-8,15-16,19-21H,9-14H2,1-4H3,(H,24,26). The molecule has 2 amide bonds. The number of nitrogens with one attached hydrogen (secondary N) is 1. The average Bonchev–Trinajstić information content (AvgIpc) is 3.50. The number of benzene rings is 1. The topological polar surface area (TPSA) is 49.4 Å². The molecule has 0 radical (unpaired) electrons. The van der Waals surface area contributed by atoms with Crippen molar-refractivity contribution in [3.63, 3.8) is 0 Å². The van der Waals surface area contributed by atoms with Gasteiger partial charge in [-0.25, -0.2) is 0 Å². The van der Waals surface area contributed by atoms with Crippen molar-refractivity contribution in [1.29, 1.82) is 0 Å². The van der Waals surface area contributed by atoms with Gasteiger partial charge < -0.3 is 10.2 Å². The molecular formula is C23H34N2O2. The molecule has 4 heteroatoms. The maximum Gasteiger partial charge on any atom is 0.225 e. The van der Waals surface area contributed by atoms with Gasteiger partial charge in [0, 0.05) is 24.9 Å². The zero-order valence-electron chi connectivity index (χ0n) is 17.2. The molecule has 1 aliphatic carbocycles. The van der Waals surface area contributed by atoms with Crippen molar-refractivity contribution in [1.82, 2.24) is 10.2 Å². The van der Waals surface area contributed by atoms with Crippen LogP contribution in [0.5, 0.6) is 0 Å². The van der Waals surface area contributed by atoms with Gasteiger partial charge in [0.25, 0.3) is 0 Å². The van der Waals surface area contributed by atoms with Gasteiger partial charge in [-0.15, -0.1) is 0 Å². The Hall–Kier alpha value is -1.84. The van der Waals surface area contributed by atoms with Crippen molar-refractivity contribution in [2.45, 2.75) is 65.3 Å². The molecule has 1 aromatic carbocycles. The molecule has 1 atom stereocenters. The van der Waals surface area contributed by atoms with Gasteiger partial charge in [-0.3, -0.25) is 9.59 Å². The summed E-state index contributed by atoms with van der Waals surface area (Å²) in [5.74, 6) is 1.57. The Bertz CT molecular complexity index is 653. The maximum atomic E-state index is 12.9. The van der Waals surface area contributed by atoms with Gasteiger partial charge in [0.2, 0.25) is 11.8 Å². The van der Waals surface area contributed by atoms with E-state index in [1.54, 1.807) is 0 Å². The summed E-state index contributed by atoms with van der Waals surface area (Å²) in [5.41, 5.74) is 2.49. The van der Waals surface area contributed by atoms with E-state index in [0.717, 1.165) is 38.8 Å². The van der Waals surface area contributed by atoms with Crippen LogP contribution in [0.25, 0.3) is 0 Å². The molecule has 3 rings (SSSR count). The lowest BCUT2D eigenvalue weighted by Gasteiger charge is -2.33. The van der Waals surface area contributed by atoms with Crippen molar-refractivity contribution in [3.05, 3.63) is 35.4 Å². The molecule has 0 spiro atoms. The van der Waals surface area contributed by atoms with Crippen LogP contribution in [0.15, 0.2) is 24.3 Å². The third-order valence-corrected chi connectivity index (χ3v) is 6.03. The normalized spacial score (nSPS) is 19.4. The number of likely N-dealkylation sites (tertiary alicyclic amines) is 1. The van der Waals surface area contributed by atoms with Crippen LogP contribution < -0.4 is 5.32 Å². The van der Waals surface area contributed by atoms with E-state index in [-0.39, 0.29) is 23.8 Å². The van der Waals surface area contributed by atoms with Gasteiger partial charge in [-0.2, -0.15) is 0 Å². The Morgan fingerprint density at radius 1 is 0.889 bits per heavy atom. The zero-order valence-corrected chi connectivity index (χ0v) is 17.2. The van der Waals surface area contributed by atoms with Crippen LogP contribution in [0, 0.1) is 17.8 Å². The number of hydrogen-bond acceptors (Lipinski definition) is 2. The lowest BCUT2D eigenvalue weighted by Crippen LogP contribution is -2.44. The molecule has 1 aliphatic heterocycles. The Morgan fingerprint density at radius 3 is 1.93 bits per heavy atom. The molecule has 1 unspecified atom stereocenters. The largest absolute Gasteiger partial charge is 0.349 e. The Balaban J connectivity index is 1.58. The van der Waals surface area contributed by atoms with E-state index in [2.05, 4.69) is 57.3 Å². The summed E-state index contributed by atoms with van der Waals surface area (Å²) >= 11 is 0. The predicted octanol–water partition coefficient (Wildman–Crippen LogP) is 4.27. The number of nitrogens with zero attached hydrogens (tertiary/aromatic N) is 1. The molecule has 1 saturated heterocycles. The number of carbonyl (C=O) groups excluding carboxylic acids is 2. The highest BCUT2D eigenvalue weighted by atomic mass is 16.2. The molecule has 148 valence electrons. The van der Waals surface area contributed by atoms with Crippen molar-refractivity contribution in [2.75, 3.05) is 13.1 Å². The molecular weight excluding hydrogens is 336 g/mol. The van der Waals surface area contributed by atoms with Crippen LogP contribution in [0.2, 0.25) is 0 Å². The summed E-state index contributed by atoms with van der Waals surface area (Å²) < 4.78 is 0. The second kappa shape index (κ2) is 8.45. The summed E-state index contributed by atoms with van der Waals surface area (Å²) in [7, 11) is 0. The summed E-state index contributed by atoms with van der Waals surface area (Å²) in [6.45, 7) is 10.1. The molecule has 27 heavy (non-hydrogen) atoms. The monoisotopic (exact) mass is 370 g/mol. The fourth-order valence-corrected chi connectivity index (χ4v) is 3.94. The third kappa shape index (κ3) is 4.91. The summed E-state index contributed by atoms with van der Waals surface area (Å²) in [4.78, 5) is 27.0. The van der Waals surface area contributed by atoms with E-state index in [4.69, 9.17) is 0 Å². The molecule has 0 aromatic heterocycles. The minimum atomic E-state index is 0.0180. The number of piperidine rings is 1. The lowest BCUT2D eigenvalue weighted by atomic mass is 9.91. The van der Waals surface area contributed by atoms with Crippen LogP contribution >= 0.6 is 0 Å². The highest BCUT2D eigenvalue weighted by Crippen LogP contribution is 2.33. The fraction of sp³-hybridized carbons (Fsp3) is 0.652. The minimum absolute atomic E-state index is 0.0180. The van der Waals surface area contributed by atoms with Crippen molar-refractivity contribution >= 4 is 11.8 Å². The highest BCUT2D eigenvalue weighted by molar-refractivity contribution is 5.82. The zero-order chi connectivity index (χ0) is 19.6. The predicted molar refractivity (Wildman–Crippen MR) is 108 cm³/mol. The fourth-order valence-electron chi connectivity index (χ4n) is 3.94. The van der Waals surface area contributed by atoms with E-state index in [9.17, 15) is 9.59 Å². The first kappa shape index (κ1) is 19.9. The van der Waals surface area contributed by atoms with E-state index in [1.165, 1.54) is 11.1 Å². The van der Waals surface area contributed by atoms with E-state index >= 15 is 0 Å². The van der Waals surface area contributed by atoms with Crippen LogP contribution in [0.1, 0.15) is 76.5 Å². The smallest absolute Gasteiger partial charge is 0.225 e. The number of rotatable bonds is 6. The summed E-state index contributed by atoms with van der Waals surface area (Å²) in [5, 5.41) is 3.29. The Labute approximate surface area is 163 Å². The number of amides is 2. The second-order valence-corrected chi connectivity index (χ2v) is 8.93. The molecule has 1 N–H and O–H groups in total. The van der Waals surface area contributed by atoms with Crippen molar-refractivity contribution in [3.8, 4) is 0 Å². The van der Waals surface area contributed by atoms with Crippen LogP contribution in [-0.4, -0.2) is 29.8 Å². The van der Waals surface area contributed by atoms with Gasteiger partial charge in [-0.1, -0.05) is 52.0 Å². The number of carbonyl (C=O) groups is 2. The number of hydrogen-bond donors (Lipinski definition) is 1. The first-order chi connectivity index (χ1) is 12.9. The third-order valence-electron chi connectivity index (χ3n) is 6.03. The molecule has 1 saturated carbocycles.